The van der Waals surface area contributed by atoms with Crippen molar-refractivity contribution < 1.29 is 9.47 Å². The van der Waals surface area contributed by atoms with Crippen molar-refractivity contribution in [3.05, 3.63) is 158 Å². The van der Waals surface area contributed by atoms with E-state index in [-0.39, 0.29) is 0 Å². The topological polar surface area (TPSA) is 50.7 Å². The van der Waals surface area contributed by atoms with Gasteiger partial charge in [-0.25, -0.2) is 0 Å². The standard InChI is InChI=1S/C44H26N4O2/c1-5-13-39-35(9-1)47(36-10-2-6-14-40(36)49-39)29-19-21-31-27(25-29)17-23-33-43(31)44-32-22-20-30(26-28(32)18-24-34(44)46-45-33)48-37-11-3-7-15-41(37)50-42-16-8-4-12-38(42)48/h1-26H. The van der Waals surface area contributed by atoms with Gasteiger partial charge in [-0.05, 0) is 106 Å². The highest BCUT2D eigenvalue weighted by molar-refractivity contribution is 6.26. The molecule has 0 bridgehead atoms. The van der Waals surface area contributed by atoms with Crippen LogP contribution < -0.4 is 19.3 Å². The average Bonchev–Trinajstić information content (AvgIpc) is 3.18. The van der Waals surface area contributed by atoms with Crippen LogP contribution >= 0.6 is 0 Å². The van der Waals surface area contributed by atoms with Gasteiger partial charge in [0, 0.05) is 22.1 Å². The normalized spacial score (nSPS) is 13.0. The Bertz CT molecular complexity index is 2580. The van der Waals surface area contributed by atoms with Gasteiger partial charge in [0.1, 0.15) is 0 Å². The first kappa shape index (κ1) is 27.1. The Hall–Kier alpha value is -6.92. The number of rotatable bonds is 2. The van der Waals surface area contributed by atoms with Gasteiger partial charge in [0.15, 0.2) is 23.0 Å². The van der Waals surface area contributed by atoms with Gasteiger partial charge >= 0.3 is 0 Å². The lowest BCUT2D eigenvalue weighted by atomic mass is 9.96. The third-order valence-electron chi connectivity index (χ3n) is 9.86. The van der Waals surface area contributed by atoms with Gasteiger partial charge in [-0.15, -0.1) is 10.2 Å². The summed E-state index contributed by atoms with van der Waals surface area (Å²) in [4.78, 5) is 4.55. The van der Waals surface area contributed by atoms with Crippen molar-refractivity contribution in [2.75, 3.05) is 9.80 Å². The highest BCUT2D eigenvalue weighted by Crippen LogP contribution is 2.52. The Balaban J connectivity index is 1.11. The largest absolute Gasteiger partial charge is 0.453 e. The number of nitrogens with zero attached hydrogens (tertiary/aromatic N) is 4. The Morgan fingerprint density at radius 2 is 0.720 bits per heavy atom. The monoisotopic (exact) mass is 642 g/mol. The van der Waals surface area contributed by atoms with Crippen molar-refractivity contribution in [3.63, 3.8) is 0 Å². The number of benzene rings is 8. The van der Waals surface area contributed by atoms with Crippen LogP contribution in [-0.2, 0) is 0 Å². The third kappa shape index (κ3) is 3.90. The molecule has 1 aromatic heterocycles. The molecule has 9 aromatic rings. The van der Waals surface area contributed by atoms with E-state index in [0.29, 0.717) is 0 Å². The number of para-hydroxylation sites is 8. The summed E-state index contributed by atoms with van der Waals surface area (Å²) in [5.74, 6) is 3.34. The molecule has 0 radical (unpaired) electrons. The summed E-state index contributed by atoms with van der Waals surface area (Å²) in [5.41, 5.74) is 7.90. The van der Waals surface area contributed by atoms with Crippen molar-refractivity contribution in [2.45, 2.75) is 0 Å². The lowest BCUT2D eigenvalue weighted by Crippen LogP contribution is -2.15. The number of hydrogen-bond acceptors (Lipinski definition) is 6. The Morgan fingerprint density at radius 1 is 0.360 bits per heavy atom. The van der Waals surface area contributed by atoms with Crippen LogP contribution in [0.15, 0.2) is 158 Å². The minimum Gasteiger partial charge on any atom is -0.453 e. The molecule has 0 amide bonds. The van der Waals surface area contributed by atoms with Gasteiger partial charge in [0.25, 0.3) is 0 Å². The molecule has 0 saturated heterocycles. The molecule has 0 aliphatic carbocycles. The predicted molar refractivity (Wildman–Crippen MR) is 202 cm³/mol. The minimum absolute atomic E-state index is 0.834. The molecule has 11 rings (SSSR count). The number of hydrogen-bond donors (Lipinski definition) is 0. The zero-order chi connectivity index (χ0) is 32.8. The van der Waals surface area contributed by atoms with Crippen LogP contribution in [0.1, 0.15) is 0 Å². The third-order valence-corrected chi connectivity index (χ3v) is 9.86. The maximum absolute atomic E-state index is 6.28. The van der Waals surface area contributed by atoms with E-state index < -0.39 is 0 Å². The number of anilines is 6. The zero-order valence-corrected chi connectivity index (χ0v) is 26.6. The van der Waals surface area contributed by atoms with Crippen molar-refractivity contribution in [2.24, 2.45) is 0 Å². The van der Waals surface area contributed by atoms with Gasteiger partial charge in [0.05, 0.1) is 33.8 Å². The van der Waals surface area contributed by atoms with Gasteiger partial charge in [0.2, 0.25) is 0 Å². The quantitative estimate of drug-likeness (QED) is 0.175. The first-order valence-corrected chi connectivity index (χ1v) is 16.7. The molecular weight excluding hydrogens is 617 g/mol. The molecule has 0 spiro atoms. The van der Waals surface area contributed by atoms with Crippen LogP contribution in [0.5, 0.6) is 23.0 Å². The molecule has 0 fully saturated rings. The van der Waals surface area contributed by atoms with Crippen molar-refractivity contribution in [1.82, 2.24) is 10.2 Å². The average molecular weight is 643 g/mol. The first-order chi connectivity index (χ1) is 24.8. The number of aromatic nitrogens is 2. The summed E-state index contributed by atoms with van der Waals surface area (Å²) in [7, 11) is 0. The zero-order valence-electron chi connectivity index (χ0n) is 26.6. The maximum Gasteiger partial charge on any atom is 0.151 e. The van der Waals surface area contributed by atoms with E-state index in [9.17, 15) is 0 Å². The lowest BCUT2D eigenvalue weighted by molar-refractivity contribution is 0.477. The Kier molecular flexibility index (Phi) is 5.57. The fourth-order valence-corrected chi connectivity index (χ4v) is 7.66. The molecule has 8 aromatic carbocycles. The smallest absolute Gasteiger partial charge is 0.151 e. The summed E-state index contributed by atoms with van der Waals surface area (Å²) in [6, 6.07) is 54.6. The Labute approximate surface area is 287 Å². The van der Waals surface area contributed by atoms with E-state index in [0.717, 1.165) is 100 Å². The first-order valence-electron chi connectivity index (χ1n) is 16.7. The van der Waals surface area contributed by atoms with Crippen molar-refractivity contribution in [1.29, 1.82) is 0 Å². The van der Waals surface area contributed by atoms with E-state index in [1.807, 2.05) is 48.5 Å². The van der Waals surface area contributed by atoms with Crippen LogP contribution in [0.3, 0.4) is 0 Å². The van der Waals surface area contributed by atoms with Crippen molar-refractivity contribution in [3.8, 4) is 23.0 Å². The van der Waals surface area contributed by atoms with Gasteiger partial charge in [-0.3, -0.25) is 0 Å². The fourth-order valence-electron chi connectivity index (χ4n) is 7.66. The summed E-state index contributed by atoms with van der Waals surface area (Å²) < 4.78 is 12.6. The lowest BCUT2D eigenvalue weighted by Gasteiger charge is -2.33. The summed E-state index contributed by atoms with van der Waals surface area (Å²) in [6.45, 7) is 0. The Morgan fingerprint density at radius 3 is 1.10 bits per heavy atom. The number of ether oxygens (including phenoxy) is 2. The second kappa shape index (κ2) is 10.3. The summed E-state index contributed by atoms with van der Waals surface area (Å²) in [6.07, 6.45) is 0. The highest BCUT2D eigenvalue weighted by Gasteiger charge is 2.27. The molecule has 0 N–H and O–H groups in total. The van der Waals surface area contributed by atoms with E-state index in [1.165, 1.54) is 0 Å². The van der Waals surface area contributed by atoms with Gasteiger partial charge in [-0.1, -0.05) is 72.8 Å². The molecule has 3 heterocycles. The van der Waals surface area contributed by atoms with Gasteiger partial charge < -0.3 is 19.3 Å². The summed E-state index contributed by atoms with van der Waals surface area (Å²) >= 11 is 0. The second-order valence-electron chi connectivity index (χ2n) is 12.7. The predicted octanol–water partition coefficient (Wildman–Crippen LogP) is 12.2. The molecule has 2 aliphatic rings. The summed E-state index contributed by atoms with van der Waals surface area (Å²) in [5, 5.41) is 16.1. The highest BCUT2D eigenvalue weighted by atomic mass is 16.5. The molecule has 50 heavy (non-hydrogen) atoms. The molecule has 0 unspecified atom stereocenters. The molecule has 0 atom stereocenters. The van der Waals surface area contributed by atoms with Crippen LogP contribution in [0.25, 0.3) is 43.4 Å². The van der Waals surface area contributed by atoms with E-state index in [1.54, 1.807) is 0 Å². The second-order valence-corrected chi connectivity index (χ2v) is 12.7. The van der Waals surface area contributed by atoms with E-state index in [4.69, 9.17) is 9.47 Å². The van der Waals surface area contributed by atoms with Crippen molar-refractivity contribution >= 4 is 77.5 Å². The van der Waals surface area contributed by atoms with Crippen LogP contribution in [-0.4, -0.2) is 10.2 Å². The molecule has 6 nitrogen and oxygen atoms in total. The van der Waals surface area contributed by atoms with Crippen LogP contribution in [0, 0.1) is 0 Å². The van der Waals surface area contributed by atoms with E-state index in [2.05, 4.69) is 129 Å². The SMILES string of the molecule is c1ccc2c(c1)Oc1ccccc1N2c1ccc2c(ccc3nnc4ccc5cc(N6c7ccccc7Oc7ccccc76)ccc5c4c32)c1. The molecule has 2 aliphatic heterocycles. The minimum atomic E-state index is 0.834. The van der Waals surface area contributed by atoms with Gasteiger partial charge in [-0.2, -0.15) is 0 Å². The van der Waals surface area contributed by atoms with Crippen LogP contribution in [0.4, 0.5) is 34.1 Å². The number of fused-ring (bicyclic) bond motifs is 11. The molecule has 0 saturated carbocycles. The fraction of sp³-hybridized carbons (Fsp3) is 0. The molecule has 6 heteroatoms. The van der Waals surface area contributed by atoms with E-state index >= 15 is 0 Å². The molecular formula is C44H26N4O2. The maximum atomic E-state index is 6.28. The molecule has 234 valence electrons. The van der Waals surface area contributed by atoms with Crippen LogP contribution in [0.2, 0.25) is 0 Å².